The highest BCUT2D eigenvalue weighted by Gasteiger charge is 2.35. The van der Waals surface area contributed by atoms with Crippen molar-refractivity contribution in [2.75, 3.05) is 131 Å². The average Bonchev–Trinajstić information content (AvgIpc) is 1.62. The summed E-state index contributed by atoms with van der Waals surface area (Å²) >= 11 is 0.870. The van der Waals surface area contributed by atoms with Crippen LogP contribution in [0.1, 0.15) is 154 Å². The minimum Gasteiger partial charge on any atom is -0.470 e. The first-order valence-electron chi connectivity index (χ1n) is 36.2. The quantitative estimate of drug-likeness (QED) is 0.0126. The number of aromatic nitrogens is 4. The van der Waals surface area contributed by atoms with E-state index in [4.69, 9.17) is 33.2 Å². The Labute approximate surface area is 635 Å². The lowest BCUT2D eigenvalue weighted by Crippen LogP contribution is -2.52. The summed E-state index contributed by atoms with van der Waals surface area (Å²) in [4.78, 5) is 173. The maximum absolute atomic E-state index is 14.1. The zero-order valence-corrected chi connectivity index (χ0v) is 64.7. The minimum atomic E-state index is -1.55. The fraction of sp³-hybridized carbons (Fsp3) is 0.493. The van der Waals surface area contributed by atoms with E-state index in [1.807, 2.05) is 4.90 Å². The van der Waals surface area contributed by atoms with Gasteiger partial charge in [0.1, 0.15) is 6.61 Å². The van der Waals surface area contributed by atoms with Crippen molar-refractivity contribution < 1.29 is 90.7 Å². The van der Waals surface area contributed by atoms with Crippen molar-refractivity contribution in [3.05, 3.63) is 92.6 Å². The molecule has 1 saturated heterocycles. The Morgan fingerprint density at radius 2 is 1.08 bits per heavy atom. The predicted molar refractivity (Wildman–Crippen MR) is 405 cm³/mol. The number of morpholine rings is 1. The van der Waals surface area contributed by atoms with Gasteiger partial charge in [-0.3, -0.25) is 43.2 Å². The second-order valence-electron chi connectivity index (χ2n) is 27.1. The number of rotatable bonds is 37. The molecule has 0 bridgehead atoms. The van der Waals surface area contributed by atoms with E-state index in [0.29, 0.717) is 137 Å². The molecule has 3 atom stereocenters. The van der Waals surface area contributed by atoms with Crippen molar-refractivity contribution in [1.82, 2.24) is 44.0 Å². The van der Waals surface area contributed by atoms with E-state index in [0.717, 1.165) is 37.9 Å². The molecule has 2 unspecified atom stereocenters. The van der Waals surface area contributed by atoms with Gasteiger partial charge in [0.25, 0.3) is 35.4 Å². The molecule has 3 aromatic heterocycles. The number of nitrogens with zero attached hydrogens (tertiary/aromatic N) is 6. The third-order valence-electron chi connectivity index (χ3n) is 18.4. The van der Waals surface area contributed by atoms with Gasteiger partial charge >= 0.3 is 29.8 Å². The Bertz CT molecular complexity index is 4270. The summed E-state index contributed by atoms with van der Waals surface area (Å²) in [6.07, 6.45) is -2.79. The van der Waals surface area contributed by atoms with Crippen molar-refractivity contribution in [2.45, 2.75) is 140 Å². The van der Waals surface area contributed by atoms with Crippen LogP contribution in [0.15, 0.2) is 36.4 Å². The molecule has 8 N–H and O–H groups in total. The highest BCUT2D eigenvalue weighted by molar-refractivity contribution is 6.99. The summed E-state index contributed by atoms with van der Waals surface area (Å²) in [5.41, 5.74) is 6.73. The summed E-state index contributed by atoms with van der Waals surface area (Å²) in [5.74, 6) is -7.96. The number of carbonyl (C=O) groups is 12. The lowest BCUT2D eigenvalue weighted by atomic mass is 10.0. The van der Waals surface area contributed by atoms with E-state index >= 15 is 0 Å². The zero-order chi connectivity index (χ0) is 79.4. The molecular formula is C75H98N14O19S. The fourth-order valence-corrected chi connectivity index (χ4v) is 12.8. The molecule has 0 aliphatic carbocycles. The normalized spacial score (nSPS) is 14.8. The van der Waals surface area contributed by atoms with Crippen molar-refractivity contribution >= 4 is 135 Å². The lowest BCUT2D eigenvalue weighted by molar-refractivity contribution is -0.174. The van der Waals surface area contributed by atoms with Gasteiger partial charge in [-0.15, -0.1) is 4.37 Å². The molecule has 3 aliphatic heterocycles. The Kier molecular flexibility index (Phi) is 29.8. The second-order valence-corrected chi connectivity index (χ2v) is 27.6. The van der Waals surface area contributed by atoms with Gasteiger partial charge in [0, 0.05) is 114 Å². The molecule has 588 valence electrons. The van der Waals surface area contributed by atoms with Gasteiger partial charge in [-0.25, -0.2) is 14.4 Å². The summed E-state index contributed by atoms with van der Waals surface area (Å²) in [5, 5.41) is 17.0. The molecule has 7 amide bonds. The summed E-state index contributed by atoms with van der Waals surface area (Å²) in [7, 11) is 0. The summed E-state index contributed by atoms with van der Waals surface area (Å²) < 4.78 is 47.0. The highest BCUT2D eigenvalue weighted by atomic mass is 32.1. The monoisotopic (exact) mass is 1530 g/mol. The number of esters is 5. The number of benzene rings is 2. The Morgan fingerprint density at radius 1 is 0.624 bits per heavy atom. The van der Waals surface area contributed by atoms with Gasteiger partial charge in [-0.1, -0.05) is 27.7 Å². The molecule has 33 nitrogen and oxygen atoms in total. The number of fused-ring (bicyclic) bond motifs is 2. The first kappa shape index (κ1) is 83.8. The molecule has 0 spiro atoms. The molecule has 1 fully saturated rings. The van der Waals surface area contributed by atoms with E-state index in [1.54, 1.807) is 97.0 Å². The second kappa shape index (κ2) is 38.8. The number of hydrogen-bond donors (Lipinski definition) is 8. The van der Waals surface area contributed by atoms with Gasteiger partial charge in [0.15, 0.2) is 31.5 Å². The number of anilines is 5. The van der Waals surface area contributed by atoms with Gasteiger partial charge in [-0.05, 0) is 148 Å². The molecule has 109 heavy (non-hydrogen) atoms. The number of likely N-dealkylation sites (N-methyl/N-ethyl adjacent to an activating group) is 2. The molecule has 0 saturated carbocycles. The molecular weight excluding hydrogens is 1430 g/mol. The van der Waals surface area contributed by atoms with E-state index in [-0.39, 0.29) is 48.2 Å². The molecule has 34 heteroatoms. The van der Waals surface area contributed by atoms with Gasteiger partial charge < -0.3 is 94.6 Å². The van der Waals surface area contributed by atoms with Crippen molar-refractivity contribution in [2.24, 2.45) is 0 Å². The maximum atomic E-state index is 14.1. The van der Waals surface area contributed by atoms with Crippen LogP contribution in [0.4, 0.5) is 28.6 Å². The number of hydrogen-bond acceptors (Lipinski definition) is 25. The van der Waals surface area contributed by atoms with Crippen LogP contribution >= 0.6 is 11.7 Å². The number of ether oxygens (including phenoxy) is 7. The van der Waals surface area contributed by atoms with E-state index in [9.17, 15) is 57.5 Å². The van der Waals surface area contributed by atoms with Crippen LogP contribution in [0.25, 0.3) is 23.3 Å². The molecule has 5 aromatic rings. The average molecular weight is 1530 g/mol. The molecule has 3 aliphatic rings. The fourth-order valence-electron chi connectivity index (χ4n) is 12.3. The minimum absolute atomic E-state index is 0.0932. The number of amides is 7. The van der Waals surface area contributed by atoms with Crippen molar-refractivity contribution in [3.8, 4) is 5.88 Å². The molecule has 2 aromatic carbocycles. The van der Waals surface area contributed by atoms with Crippen LogP contribution in [-0.4, -0.2) is 233 Å². The predicted octanol–water partition coefficient (Wildman–Crippen LogP) is 6.10. The van der Waals surface area contributed by atoms with E-state index in [1.165, 1.54) is 18.7 Å². The van der Waals surface area contributed by atoms with Crippen molar-refractivity contribution in [1.29, 1.82) is 0 Å². The SMILES string of the molecule is CCN(CC)CCNC(=O)c1c(C)[nH]c(/C=C2\C(=O)Nc3ccc(NC(=O)CCC(=O)OC(C)C(=O)OCC(=O)O[C@H](COc4nsnc4N4CCOCC4)CN(C(=O)COC(=O)C(C)OC(=O)CCC(=O)Nc4ccc5c(c4)/C(=C/c4[nH]c(C)c(C(=O)NCCN(CC)CC)c4C)C(=O)N5)C(C)(C)C)cc32)c1C. The van der Waals surface area contributed by atoms with Crippen LogP contribution in [0, 0.1) is 27.7 Å². The Balaban J connectivity index is 0.803. The largest absolute Gasteiger partial charge is 0.470 e. The lowest BCUT2D eigenvalue weighted by Gasteiger charge is -2.37. The van der Waals surface area contributed by atoms with Crippen LogP contribution < -0.4 is 41.5 Å². The van der Waals surface area contributed by atoms with E-state index in [2.05, 4.69) is 88.1 Å². The van der Waals surface area contributed by atoms with Crippen molar-refractivity contribution in [3.63, 3.8) is 0 Å². The molecule has 0 radical (unpaired) electrons. The Hall–Kier alpha value is -10.8. The molecule has 8 rings (SSSR count). The number of aryl methyl sites for hydroxylation is 2. The molecule has 6 heterocycles. The summed E-state index contributed by atoms with van der Waals surface area (Å²) in [6.45, 7) is 27.6. The third-order valence-corrected chi connectivity index (χ3v) is 18.9. The Morgan fingerprint density at radius 3 is 1.53 bits per heavy atom. The first-order valence-corrected chi connectivity index (χ1v) is 37.0. The van der Waals surface area contributed by atoms with Crippen LogP contribution in [-0.2, 0) is 76.4 Å². The van der Waals surface area contributed by atoms with Gasteiger partial charge in [0.2, 0.25) is 17.6 Å². The number of H-pyrrole nitrogens is 2. The van der Waals surface area contributed by atoms with Gasteiger partial charge in [-0.2, -0.15) is 4.37 Å². The standard InChI is InChI=1S/C75H98N14O19S/c1-14-86(15-2)28-26-76-70(98)65-42(5)57(78-44(65)7)36-53-51-34-48(18-20-55(51)82-68(53)96)80-59(90)22-24-62(93)106-46(9)73(100)104-40-61(92)89(75(11,12)13)38-50(39-103-72-67(84-109-85-72)88-30-32-102-33-31-88)108-64(95)41-105-74(101)47(10)107-63(94)25-23-60(91)81-49-19-21-56-52(35-49)54(69(97)83-56)37-58-43(6)66(45(8)79-58)71(99)77-27-29-87(16-3)17-4/h18-21,34-37,46-47,50,78-79H,14-17,22-33,38-41H2,1-13H3,(H,76,98)(H,77,99)(H,80,90)(H,81,91)(H,82,96)(H,83,97)/b53-36-,54-37-/t46?,47?,50-/m0/s1. The van der Waals surface area contributed by atoms with Crippen LogP contribution in [0.2, 0.25) is 0 Å². The maximum Gasteiger partial charge on any atom is 0.347 e. The third kappa shape index (κ3) is 22.9. The number of nitrogens with one attached hydrogen (secondary N) is 8. The van der Waals surface area contributed by atoms with Crippen LogP contribution in [0.3, 0.4) is 0 Å². The number of aromatic amines is 2. The van der Waals surface area contributed by atoms with Gasteiger partial charge in [0.05, 0.1) is 66.6 Å². The topological polar surface area (TPSA) is 412 Å². The summed E-state index contributed by atoms with van der Waals surface area (Å²) in [6, 6.07) is 9.59. The zero-order valence-electron chi connectivity index (χ0n) is 63.8. The van der Waals surface area contributed by atoms with Crippen LogP contribution in [0.5, 0.6) is 5.88 Å². The first-order chi connectivity index (χ1) is 51.9. The smallest absolute Gasteiger partial charge is 0.347 e. The number of carbonyl (C=O) groups excluding carboxylic acids is 12. The van der Waals surface area contributed by atoms with E-state index < -0.39 is 116 Å². The highest BCUT2D eigenvalue weighted by Crippen LogP contribution is 2.38.